The molecule has 10 nitrogen and oxygen atoms in total. The molecule has 0 radical (unpaired) electrons. The van der Waals surface area contributed by atoms with Crippen molar-refractivity contribution in [1.29, 1.82) is 0 Å². The average molecular weight is 425 g/mol. The predicted molar refractivity (Wildman–Crippen MR) is 103 cm³/mol. The van der Waals surface area contributed by atoms with Gasteiger partial charge in [0.25, 0.3) is 15.9 Å². The highest BCUT2D eigenvalue weighted by Crippen LogP contribution is 2.27. The minimum Gasteiger partial charge on any atom is -0.493 e. The third kappa shape index (κ3) is 5.72. The maximum absolute atomic E-state index is 12.2. The van der Waals surface area contributed by atoms with Crippen molar-refractivity contribution in [3.8, 4) is 11.5 Å². The Balaban J connectivity index is 2.05. The normalized spacial score (nSPS) is 11.6. The van der Waals surface area contributed by atoms with Gasteiger partial charge in [0.15, 0.2) is 17.3 Å². The molecule has 1 aromatic carbocycles. The van der Waals surface area contributed by atoms with Gasteiger partial charge in [0, 0.05) is 11.1 Å². The van der Waals surface area contributed by atoms with Gasteiger partial charge in [-0.15, -0.1) is 0 Å². The number of hydrazine groups is 1. The highest BCUT2D eigenvalue weighted by Gasteiger charge is 2.26. The molecule has 0 atom stereocenters. The number of benzene rings is 1. The largest absolute Gasteiger partial charge is 0.493 e. The van der Waals surface area contributed by atoms with Gasteiger partial charge in [-0.2, -0.15) is 0 Å². The van der Waals surface area contributed by atoms with Crippen molar-refractivity contribution in [2.75, 3.05) is 14.2 Å². The molecular formula is C18H23N3O7S. The van der Waals surface area contributed by atoms with Crippen LogP contribution in [-0.2, 0) is 10.0 Å². The van der Waals surface area contributed by atoms with Gasteiger partial charge in [-0.05, 0) is 51.1 Å². The highest BCUT2D eigenvalue weighted by atomic mass is 32.2. The van der Waals surface area contributed by atoms with Crippen molar-refractivity contribution in [3.63, 3.8) is 0 Å². The van der Waals surface area contributed by atoms with E-state index in [4.69, 9.17) is 13.9 Å². The van der Waals surface area contributed by atoms with Crippen LogP contribution in [0.2, 0.25) is 0 Å². The van der Waals surface area contributed by atoms with Gasteiger partial charge >= 0.3 is 5.91 Å². The van der Waals surface area contributed by atoms with E-state index in [0.29, 0.717) is 11.5 Å². The Morgan fingerprint density at radius 2 is 1.55 bits per heavy atom. The van der Waals surface area contributed by atoms with E-state index < -0.39 is 32.5 Å². The van der Waals surface area contributed by atoms with E-state index in [2.05, 4.69) is 15.6 Å². The number of sulfonamides is 1. The fourth-order valence-corrected chi connectivity index (χ4v) is 3.62. The van der Waals surface area contributed by atoms with E-state index in [1.807, 2.05) is 0 Å². The molecule has 0 unspecified atom stereocenters. The lowest BCUT2D eigenvalue weighted by molar-refractivity contribution is 0.0827. The predicted octanol–water partition coefficient (Wildman–Crippen LogP) is 1.45. The Bertz CT molecular complexity index is 1010. The van der Waals surface area contributed by atoms with Gasteiger partial charge in [-0.3, -0.25) is 20.4 Å². The number of hydrogen-bond acceptors (Lipinski definition) is 7. The SMILES string of the molecule is COc1ccc(C(=O)NNC(=O)c2ccc(S(=O)(=O)NC(C)(C)C)o2)cc1OC. The lowest BCUT2D eigenvalue weighted by Crippen LogP contribution is -2.41. The fraction of sp³-hybridized carbons (Fsp3) is 0.333. The van der Waals surface area contributed by atoms with Crippen LogP contribution in [0.25, 0.3) is 0 Å². The van der Waals surface area contributed by atoms with Crippen molar-refractivity contribution in [2.24, 2.45) is 0 Å². The van der Waals surface area contributed by atoms with E-state index in [0.717, 1.165) is 6.07 Å². The van der Waals surface area contributed by atoms with Crippen molar-refractivity contribution < 1.29 is 31.9 Å². The number of nitrogens with one attached hydrogen (secondary N) is 3. The van der Waals surface area contributed by atoms with E-state index in [1.54, 1.807) is 26.8 Å². The summed E-state index contributed by atoms with van der Waals surface area (Å²) in [5, 5.41) is -0.413. The maximum atomic E-state index is 12.2. The van der Waals surface area contributed by atoms with Gasteiger partial charge in [-0.1, -0.05) is 0 Å². The minimum absolute atomic E-state index is 0.208. The van der Waals surface area contributed by atoms with Crippen LogP contribution >= 0.6 is 0 Å². The molecule has 0 saturated carbocycles. The second-order valence-corrected chi connectivity index (χ2v) is 8.57. The van der Waals surface area contributed by atoms with E-state index in [-0.39, 0.29) is 11.3 Å². The number of furan rings is 1. The van der Waals surface area contributed by atoms with Crippen LogP contribution in [-0.4, -0.2) is 40.0 Å². The number of hydrogen-bond donors (Lipinski definition) is 3. The quantitative estimate of drug-likeness (QED) is 0.596. The third-order valence-corrected chi connectivity index (χ3v) is 5.08. The molecule has 3 N–H and O–H groups in total. The Labute approximate surface area is 168 Å². The summed E-state index contributed by atoms with van der Waals surface area (Å²) in [6, 6.07) is 6.81. The summed E-state index contributed by atoms with van der Waals surface area (Å²) in [6.07, 6.45) is 0. The smallest absolute Gasteiger partial charge is 0.305 e. The summed E-state index contributed by atoms with van der Waals surface area (Å²) in [5.74, 6) is -0.934. The number of carbonyl (C=O) groups is 2. The third-order valence-electron chi connectivity index (χ3n) is 3.45. The molecule has 0 bridgehead atoms. The molecule has 2 amide bonds. The standard InChI is InChI=1S/C18H23N3O7S/c1-18(2,3)21-29(24,25)15-9-8-13(28-15)17(23)20-19-16(22)11-6-7-12(26-4)14(10-11)27-5/h6-10,21H,1-5H3,(H,19,22)(H,20,23). The zero-order valence-corrected chi connectivity index (χ0v) is 17.5. The first-order valence-corrected chi connectivity index (χ1v) is 9.91. The zero-order chi connectivity index (χ0) is 21.8. The first-order chi connectivity index (χ1) is 13.5. The number of carbonyl (C=O) groups excluding carboxylic acids is 2. The molecule has 158 valence electrons. The number of rotatable bonds is 6. The van der Waals surface area contributed by atoms with Crippen LogP contribution in [0.3, 0.4) is 0 Å². The minimum atomic E-state index is -3.93. The zero-order valence-electron chi connectivity index (χ0n) is 16.7. The van der Waals surface area contributed by atoms with Gasteiger partial charge < -0.3 is 13.9 Å². The Hall–Kier alpha value is -3.05. The molecule has 0 saturated heterocycles. The summed E-state index contributed by atoms with van der Waals surface area (Å²) in [6.45, 7) is 5.01. The van der Waals surface area contributed by atoms with Crippen molar-refractivity contribution >= 4 is 21.8 Å². The van der Waals surface area contributed by atoms with Gasteiger partial charge in [-0.25, -0.2) is 13.1 Å². The van der Waals surface area contributed by atoms with Gasteiger partial charge in [0.05, 0.1) is 14.2 Å². The van der Waals surface area contributed by atoms with E-state index in [9.17, 15) is 18.0 Å². The Kier molecular flexibility index (Phi) is 6.55. The summed E-state index contributed by atoms with van der Waals surface area (Å²) >= 11 is 0. The number of amides is 2. The molecule has 0 spiro atoms. The molecule has 11 heteroatoms. The Morgan fingerprint density at radius 1 is 0.931 bits per heavy atom. The molecule has 0 aliphatic heterocycles. The fourth-order valence-electron chi connectivity index (χ4n) is 2.26. The molecule has 2 rings (SSSR count). The van der Waals surface area contributed by atoms with Crippen molar-refractivity contribution in [3.05, 3.63) is 41.7 Å². The van der Waals surface area contributed by atoms with E-state index >= 15 is 0 Å². The van der Waals surface area contributed by atoms with Gasteiger partial charge in [0.2, 0.25) is 5.09 Å². The number of ether oxygens (including phenoxy) is 2. The van der Waals surface area contributed by atoms with Gasteiger partial charge in [0.1, 0.15) is 0 Å². The molecule has 29 heavy (non-hydrogen) atoms. The maximum Gasteiger partial charge on any atom is 0.305 e. The summed E-state index contributed by atoms with van der Waals surface area (Å²) in [7, 11) is -1.04. The summed E-state index contributed by atoms with van der Waals surface area (Å²) in [5.41, 5.74) is 3.86. The number of methoxy groups -OCH3 is 2. The monoisotopic (exact) mass is 425 g/mol. The topological polar surface area (TPSA) is 136 Å². The van der Waals surface area contributed by atoms with Crippen molar-refractivity contribution in [2.45, 2.75) is 31.4 Å². The molecule has 1 heterocycles. The molecule has 1 aromatic heterocycles. The molecule has 0 aliphatic carbocycles. The van der Waals surface area contributed by atoms with Crippen molar-refractivity contribution in [1.82, 2.24) is 15.6 Å². The summed E-state index contributed by atoms with van der Waals surface area (Å²) in [4.78, 5) is 24.4. The second-order valence-electron chi connectivity index (χ2n) is 6.95. The first-order valence-electron chi connectivity index (χ1n) is 8.43. The summed E-state index contributed by atoms with van der Waals surface area (Å²) < 4.78 is 42.2. The molecule has 0 fully saturated rings. The van der Waals surface area contributed by atoms with Crippen LogP contribution in [0.4, 0.5) is 0 Å². The first kappa shape index (κ1) is 22.2. The van der Waals surface area contributed by atoms with Crippen LogP contribution < -0.4 is 25.0 Å². The highest BCUT2D eigenvalue weighted by molar-refractivity contribution is 7.89. The molecule has 2 aromatic rings. The van der Waals surface area contributed by atoms with Crippen LogP contribution in [0.5, 0.6) is 11.5 Å². The lowest BCUT2D eigenvalue weighted by atomic mass is 10.1. The Morgan fingerprint density at radius 3 is 2.14 bits per heavy atom. The molecular weight excluding hydrogens is 402 g/mol. The second kappa shape index (κ2) is 8.53. The van der Waals surface area contributed by atoms with E-state index in [1.165, 1.54) is 32.4 Å². The lowest BCUT2D eigenvalue weighted by Gasteiger charge is -2.18. The average Bonchev–Trinajstić information content (AvgIpc) is 3.14. The molecule has 0 aliphatic rings. The van der Waals surface area contributed by atoms with Crippen LogP contribution in [0.15, 0.2) is 39.8 Å². The van der Waals surface area contributed by atoms with Crippen LogP contribution in [0, 0.1) is 0 Å². The van der Waals surface area contributed by atoms with Crippen LogP contribution in [0.1, 0.15) is 41.7 Å².